The number of primary sulfonamides is 1. The minimum absolute atomic E-state index is 0.138. The Kier molecular flexibility index (Phi) is 4.06. The van der Waals surface area contributed by atoms with Crippen molar-refractivity contribution >= 4 is 44.8 Å². The highest BCUT2D eigenvalue weighted by Crippen LogP contribution is 2.35. The molecule has 0 radical (unpaired) electrons. The number of hydrogen-bond acceptors (Lipinski definition) is 3. The quantitative estimate of drug-likeness (QED) is 0.918. The Morgan fingerprint density at radius 3 is 2.68 bits per heavy atom. The number of amides is 1. The van der Waals surface area contributed by atoms with E-state index in [1.165, 1.54) is 4.90 Å². The maximum absolute atomic E-state index is 11.9. The van der Waals surface area contributed by atoms with Gasteiger partial charge in [-0.25, -0.2) is 13.6 Å². The number of carbonyl (C=O) groups excluding carboxylic acids is 1. The standard InChI is InChI=1S/C11H12Cl2N2O3S/c12-8-2-1-3-9(11(8)13)15-5-7(4-10(15)16)6-19(14,17)18/h1-3,7H,4-6H2,(H2,14,17,18). The van der Waals surface area contributed by atoms with Gasteiger partial charge in [0.25, 0.3) is 0 Å². The molecule has 19 heavy (non-hydrogen) atoms. The number of hydrogen-bond donors (Lipinski definition) is 1. The number of rotatable bonds is 3. The van der Waals surface area contributed by atoms with Gasteiger partial charge in [0.05, 0.1) is 21.5 Å². The summed E-state index contributed by atoms with van der Waals surface area (Å²) in [4.78, 5) is 13.4. The van der Waals surface area contributed by atoms with Crippen LogP contribution in [0.5, 0.6) is 0 Å². The number of nitrogens with two attached hydrogens (primary N) is 1. The van der Waals surface area contributed by atoms with Crippen LogP contribution in [0, 0.1) is 5.92 Å². The van der Waals surface area contributed by atoms with E-state index >= 15 is 0 Å². The molecule has 104 valence electrons. The first-order valence-electron chi connectivity index (χ1n) is 5.53. The molecule has 1 heterocycles. The van der Waals surface area contributed by atoms with Crippen molar-refractivity contribution in [1.82, 2.24) is 0 Å². The van der Waals surface area contributed by atoms with Gasteiger partial charge in [-0.2, -0.15) is 0 Å². The Hall–Kier alpha value is -0.820. The molecule has 0 spiro atoms. The van der Waals surface area contributed by atoms with E-state index in [0.717, 1.165) is 0 Å². The molecule has 1 fully saturated rings. The fraction of sp³-hybridized carbons (Fsp3) is 0.364. The number of carbonyl (C=O) groups is 1. The van der Waals surface area contributed by atoms with Gasteiger partial charge < -0.3 is 4.90 Å². The molecular formula is C11H12Cl2N2O3S. The Labute approximate surface area is 121 Å². The average molecular weight is 323 g/mol. The predicted molar refractivity (Wildman–Crippen MR) is 74.9 cm³/mol. The highest BCUT2D eigenvalue weighted by Gasteiger charge is 2.33. The molecule has 2 N–H and O–H groups in total. The molecule has 1 aromatic rings. The van der Waals surface area contributed by atoms with E-state index in [2.05, 4.69) is 0 Å². The van der Waals surface area contributed by atoms with Gasteiger partial charge >= 0.3 is 0 Å². The van der Waals surface area contributed by atoms with Gasteiger partial charge in [0, 0.05) is 18.9 Å². The molecule has 1 unspecified atom stereocenters. The zero-order valence-electron chi connectivity index (χ0n) is 9.84. The van der Waals surface area contributed by atoms with Crippen molar-refractivity contribution in [2.75, 3.05) is 17.2 Å². The SMILES string of the molecule is NS(=O)(=O)CC1CC(=O)N(c2cccc(Cl)c2Cl)C1. The average Bonchev–Trinajstić information content (AvgIpc) is 2.61. The van der Waals surface area contributed by atoms with Gasteiger partial charge in [0.1, 0.15) is 0 Å². The molecule has 1 atom stereocenters. The van der Waals surface area contributed by atoms with Gasteiger partial charge in [-0.15, -0.1) is 0 Å². The molecule has 1 saturated heterocycles. The van der Waals surface area contributed by atoms with E-state index in [1.54, 1.807) is 18.2 Å². The third-order valence-corrected chi connectivity index (χ3v) is 4.64. The molecular weight excluding hydrogens is 311 g/mol. The number of anilines is 1. The fourth-order valence-electron chi connectivity index (χ4n) is 2.16. The van der Waals surface area contributed by atoms with Crippen molar-refractivity contribution in [3.63, 3.8) is 0 Å². The summed E-state index contributed by atoms with van der Waals surface area (Å²) in [5.41, 5.74) is 0.496. The molecule has 8 heteroatoms. The summed E-state index contributed by atoms with van der Waals surface area (Å²) >= 11 is 11.9. The Bertz CT molecular complexity index is 618. The molecule has 1 aliphatic rings. The zero-order chi connectivity index (χ0) is 14.2. The van der Waals surface area contributed by atoms with Crippen LogP contribution in [-0.2, 0) is 14.8 Å². The van der Waals surface area contributed by atoms with Crippen molar-refractivity contribution < 1.29 is 13.2 Å². The van der Waals surface area contributed by atoms with E-state index < -0.39 is 10.0 Å². The first kappa shape index (κ1) is 14.6. The molecule has 0 saturated carbocycles. The van der Waals surface area contributed by atoms with Crippen molar-refractivity contribution in [3.05, 3.63) is 28.2 Å². The number of halogens is 2. The Balaban J connectivity index is 2.23. The summed E-state index contributed by atoms with van der Waals surface area (Å²) in [5.74, 6) is -0.719. The van der Waals surface area contributed by atoms with Crippen LogP contribution in [0.4, 0.5) is 5.69 Å². The van der Waals surface area contributed by atoms with Gasteiger partial charge in [0.2, 0.25) is 15.9 Å². The van der Waals surface area contributed by atoms with Crippen LogP contribution < -0.4 is 10.0 Å². The summed E-state index contributed by atoms with van der Waals surface area (Å²) < 4.78 is 22.1. The summed E-state index contributed by atoms with van der Waals surface area (Å²) in [6.45, 7) is 0.273. The van der Waals surface area contributed by atoms with Crippen molar-refractivity contribution in [2.45, 2.75) is 6.42 Å². The highest BCUT2D eigenvalue weighted by molar-refractivity contribution is 7.89. The monoisotopic (exact) mass is 322 g/mol. The normalized spacial score (nSPS) is 20.1. The summed E-state index contributed by atoms with van der Waals surface area (Å²) in [6, 6.07) is 4.98. The first-order valence-corrected chi connectivity index (χ1v) is 8.00. The molecule has 0 aliphatic carbocycles. The summed E-state index contributed by atoms with van der Waals surface area (Å²) in [7, 11) is -3.59. The summed E-state index contributed by atoms with van der Waals surface area (Å²) in [5, 5.41) is 5.63. The lowest BCUT2D eigenvalue weighted by molar-refractivity contribution is -0.117. The van der Waals surface area contributed by atoms with E-state index in [4.69, 9.17) is 28.3 Å². The topological polar surface area (TPSA) is 80.5 Å². The van der Waals surface area contributed by atoms with Crippen LogP contribution in [0.25, 0.3) is 0 Å². The lowest BCUT2D eigenvalue weighted by Gasteiger charge is -2.18. The third-order valence-electron chi connectivity index (χ3n) is 2.90. The number of benzene rings is 1. The predicted octanol–water partition coefficient (Wildman–Crippen LogP) is 1.63. The van der Waals surface area contributed by atoms with Gasteiger partial charge in [-0.05, 0) is 12.1 Å². The van der Waals surface area contributed by atoms with Crippen LogP contribution >= 0.6 is 23.2 Å². The third kappa shape index (κ3) is 3.39. The van der Waals surface area contributed by atoms with Crippen molar-refractivity contribution in [1.29, 1.82) is 0 Å². The lowest BCUT2D eigenvalue weighted by atomic mass is 10.1. The largest absolute Gasteiger partial charge is 0.311 e. The van der Waals surface area contributed by atoms with Gasteiger partial charge in [-0.3, -0.25) is 4.79 Å². The van der Waals surface area contributed by atoms with Crippen molar-refractivity contribution in [2.24, 2.45) is 11.1 Å². The number of nitrogens with zero attached hydrogens (tertiary/aromatic N) is 1. The van der Waals surface area contributed by atoms with E-state index in [0.29, 0.717) is 10.7 Å². The second kappa shape index (κ2) is 5.28. The van der Waals surface area contributed by atoms with Crippen LogP contribution in [0.2, 0.25) is 10.0 Å². The minimum atomic E-state index is -3.59. The second-order valence-electron chi connectivity index (χ2n) is 4.48. The molecule has 5 nitrogen and oxygen atoms in total. The molecule has 1 aromatic carbocycles. The van der Waals surface area contributed by atoms with Crippen LogP contribution in [0.15, 0.2) is 18.2 Å². The first-order chi connectivity index (χ1) is 8.78. The van der Waals surface area contributed by atoms with E-state index in [9.17, 15) is 13.2 Å². The van der Waals surface area contributed by atoms with Gasteiger partial charge in [0.15, 0.2) is 0 Å². The molecule has 0 aromatic heterocycles. The Morgan fingerprint density at radius 1 is 1.37 bits per heavy atom. The second-order valence-corrected chi connectivity index (χ2v) is 6.92. The zero-order valence-corrected chi connectivity index (χ0v) is 12.2. The van der Waals surface area contributed by atoms with Crippen LogP contribution in [0.1, 0.15) is 6.42 Å². The fourth-order valence-corrected chi connectivity index (χ4v) is 3.43. The maximum atomic E-state index is 11.9. The van der Waals surface area contributed by atoms with E-state index in [1.807, 2.05) is 0 Å². The van der Waals surface area contributed by atoms with Gasteiger partial charge in [-0.1, -0.05) is 29.3 Å². The van der Waals surface area contributed by atoms with E-state index in [-0.39, 0.29) is 35.6 Å². The maximum Gasteiger partial charge on any atom is 0.227 e. The molecule has 1 aliphatic heterocycles. The smallest absolute Gasteiger partial charge is 0.227 e. The van der Waals surface area contributed by atoms with Crippen molar-refractivity contribution in [3.8, 4) is 0 Å². The minimum Gasteiger partial charge on any atom is -0.311 e. The molecule has 1 amide bonds. The summed E-state index contributed by atoms with van der Waals surface area (Å²) in [6.07, 6.45) is 0.138. The Morgan fingerprint density at radius 2 is 2.05 bits per heavy atom. The van der Waals surface area contributed by atoms with Crippen LogP contribution in [0.3, 0.4) is 0 Å². The molecule has 2 rings (SSSR count). The lowest BCUT2D eigenvalue weighted by Crippen LogP contribution is -2.27. The number of sulfonamides is 1. The highest BCUT2D eigenvalue weighted by atomic mass is 35.5. The van der Waals surface area contributed by atoms with Crippen LogP contribution in [-0.4, -0.2) is 26.6 Å². The molecule has 0 bridgehead atoms.